The fourth-order valence-corrected chi connectivity index (χ4v) is 2.74. The van der Waals surface area contributed by atoms with E-state index in [0.717, 1.165) is 27.3 Å². The van der Waals surface area contributed by atoms with E-state index >= 15 is 0 Å². The zero-order chi connectivity index (χ0) is 20.6. The van der Waals surface area contributed by atoms with E-state index in [1.807, 2.05) is 0 Å². The number of halogens is 3. The van der Waals surface area contributed by atoms with Crippen molar-refractivity contribution in [2.45, 2.75) is 19.3 Å². The first-order chi connectivity index (χ1) is 13.1. The Balaban J connectivity index is 2.31. The molecule has 7 nitrogen and oxygen atoms in total. The summed E-state index contributed by atoms with van der Waals surface area (Å²) in [5.41, 5.74) is -3.13. The van der Waals surface area contributed by atoms with Crippen molar-refractivity contribution in [2.24, 2.45) is 0 Å². The lowest BCUT2D eigenvalue weighted by atomic mass is 10.1. The third-order valence-electron chi connectivity index (χ3n) is 4.24. The number of benzene rings is 1. The maximum atomic E-state index is 13.2. The zero-order valence-corrected chi connectivity index (χ0v) is 15.0. The molecule has 0 spiro atoms. The van der Waals surface area contributed by atoms with Crippen molar-refractivity contribution >= 4 is 16.9 Å². The van der Waals surface area contributed by atoms with Crippen molar-refractivity contribution < 1.29 is 22.4 Å². The first kappa shape index (κ1) is 19.5. The van der Waals surface area contributed by atoms with Gasteiger partial charge < -0.3 is 9.32 Å². The smallest absolute Gasteiger partial charge is 0.416 e. The fourth-order valence-electron chi connectivity index (χ4n) is 2.74. The molecule has 0 radical (unpaired) electrons. The summed E-state index contributed by atoms with van der Waals surface area (Å²) in [6.45, 7) is -0.689. The number of furan rings is 1. The minimum Gasteiger partial charge on any atom is -0.467 e. The largest absolute Gasteiger partial charge is 0.467 e. The molecule has 0 aliphatic rings. The number of hydrogen-bond donors (Lipinski definition) is 0. The van der Waals surface area contributed by atoms with Crippen LogP contribution in [0.4, 0.5) is 13.2 Å². The van der Waals surface area contributed by atoms with Gasteiger partial charge in [-0.3, -0.25) is 23.5 Å². The van der Waals surface area contributed by atoms with Gasteiger partial charge >= 0.3 is 17.3 Å². The van der Waals surface area contributed by atoms with E-state index in [1.165, 1.54) is 25.3 Å². The van der Waals surface area contributed by atoms with Crippen LogP contribution in [0.1, 0.15) is 11.3 Å². The van der Waals surface area contributed by atoms with Crippen molar-refractivity contribution in [1.82, 2.24) is 14.0 Å². The van der Waals surface area contributed by atoms with Crippen LogP contribution in [0.2, 0.25) is 0 Å². The number of amides is 1. The Labute approximate surface area is 156 Å². The molecule has 3 rings (SSSR count). The van der Waals surface area contributed by atoms with Gasteiger partial charge in [-0.25, -0.2) is 0 Å². The molecule has 28 heavy (non-hydrogen) atoms. The van der Waals surface area contributed by atoms with Crippen LogP contribution in [-0.2, 0) is 24.1 Å². The molecule has 2 heterocycles. The lowest BCUT2D eigenvalue weighted by molar-refractivity contribution is -0.137. The Morgan fingerprint density at radius 2 is 1.75 bits per heavy atom. The summed E-state index contributed by atoms with van der Waals surface area (Å²) in [4.78, 5) is 38.4. The number of aromatic nitrogens is 2. The normalized spacial score (nSPS) is 11.8. The molecule has 0 atom stereocenters. The molecule has 0 saturated carbocycles. The maximum Gasteiger partial charge on any atom is 0.416 e. The average molecular weight is 395 g/mol. The van der Waals surface area contributed by atoms with Gasteiger partial charge in [0.1, 0.15) is 12.3 Å². The first-order valence-corrected chi connectivity index (χ1v) is 8.16. The van der Waals surface area contributed by atoms with Crippen LogP contribution in [0.25, 0.3) is 11.0 Å². The van der Waals surface area contributed by atoms with Gasteiger partial charge in [0, 0.05) is 14.1 Å². The van der Waals surface area contributed by atoms with Gasteiger partial charge in [0.25, 0.3) is 0 Å². The molecule has 0 saturated heterocycles. The summed E-state index contributed by atoms with van der Waals surface area (Å²) >= 11 is 0. The molecule has 0 fully saturated rings. The van der Waals surface area contributed by atoms with Crippen molar-refractivity contribution in [3.63, 3.8) is 0 Å². The highest BCUT2D eigenvalue weighted by Crippen LogP contribution is 2.31. The number of hydrogen-bond acceptors (Lipinski definition) is 4. The molecule has 148 valence electrons. The Bertz CT molecular complexity index is 1140. The minimum atomic E-state index is -4.65. The third-order valence-corrected chi connectivity index (χ3v) is 4.24. The van der Waals surface area contributed by atoms with E-state index in [0.29, 0.717) is 5.76 Å². The van der Waals surface area contributed by atoms with E-state index in [-0.39, 0.29) is 17.6 Å². The van der Waals surface area contributed by atoms with Crippen LogP contribution in [0.3, 0.4) is 0 Å². The van der Waals surface area contributed by atoms with Gasteiger partial charge in [-0.05, 0) is 30.3 Å². The van der Waals surface area contributed by atoms with Crippen molar-refractivity contribution in [1.29, 1.82) is 0 Å². The van der Waals surface area contributed by atoms with Crippen LogP contribution in [0, 0.1) is 0 Å². The minimum absolute atomic E-state index is 0.0838. The van der Waals surface area contributed by atoms with Gasteiger partial charge in [-0.1, -0.05) is 0 Å². The lowest BCUT2D eigenvalue weighted by Gasteiger charge is -2.17. The summed E-state index contributed by atoms with van der Waals surface area (Å²) in [6, 6.07) is 5.85. The Hall–Kier alpha value is -3.30. The fraction of sp³-hybridized carbons (Fsp3) is 0.278. The molecule has 2 aromatic heterocycles. The van der Waals surface area contributed by atoms with Crippen molar-refractivity contribution in [2.75, 3.05) is 14.1 Å². The average Bonchev–Trinajstić information content (AvgIpc) is 3.14. The van der Waals surface area contributed by atoms with E-state index in [1.54, 1.807) is 12.1 Å². The van der Waals surface area contributed by atoms with Crippen LogP contribution in [-0.4, -0.2) is 34.0 Å². The molecule has 0 unspecified atom stereocenters. The summed E-state index contributed by atoms with van der Waals surface area (Å²) in [6.07, 6.45) is -3.27. The van der Waals surface area contributed by atoms with E-state index in [9.17, 15) is 27.6 Å². The second kappa shape index (κ2) is 7.02. The van der Waals surface area contributed by atoms with Gasteiger partial charge in [0.05, 0.1) is 29.4 Å². The van der Waals surface area contributed by atoms with Crippen LogP contribution >= 0.6 is 0 Å². The van der Waals surface area contributed by atoms with E-state index in [4.69, 9.17) is 4.42 Å². The maximum absolute atomic E-state index is 13.2. The highest BCUT2D eigenvalue weighted by molar-refractivity contribution is 5.80. The third kappa shape index (κ3) is 3.57. The molecule has 1 aromatic carbocycles. The van der Waals surface area contributed by atoms with Crippen LogP contribution in [0.5, 0.6) is 0 Å². The topological polar surface area (TPSA) is 77.5 Å². The number of nitrogens with zero attached hydrogens (tertiary/aromatic N) is 3. The molecular formula is C18H16F3N3O4. The number of likely N-dealkylation sites (N-methyl/N-ethyl adjacent to an activating group) is 1. The van der Waals surface area contributed by atoms with Gasteiger partial charge in [0.15, 0.2) is 0 Å². The number of fused-ring (bicyclic) bond motifs is 1. The number of carbonyl (C=O) groups is 1. The summed E-state index contributed by atoms with van der Waals surface area (Å²) < 4.78 is 46.5. The van der Waals surface area contributed by atoms with Gasteiger partial charge in [-0.15, -0.1) is 0 Å². The molecule has 3 aromatic rings. The molecule has 1 amide bonds. The second-order valence-corrected chi connectivity index (χ2v) is 6.35. The SMILES string of the molecule is CN(C)C(=O)Cn1c(=O)c(=O)n(Cc2ccco2)c2ccc(C(F)(F)F)cc21. The number of carbonyl (C=O) groups excluding carboxylic acids is 1. The van der Waals surface area contributed by atoms with E-state index < -0.39 is 35.3 Å². The van der Waals surface area contributed by atoms with Crippen LogP contribution in [0.15, 0.2) is 50.6 Å². The van der Waals surface area contributed by atoms with Crippen molar-refractivity contribution in [3.8, 4) is 0 Å². The predicted molar refractivity (Wildman–Crippen MR) is 94.0 cm³/mol. The first-order valence-electron chi connectivity index (χ1n) is 8.16. The molecule has 0 bridgehead atoms. The monoisotopic (exact) mass is 395 g/mol. The molecule has 0 N–H and O–H groups in total. The highest BCUT2D eigenvalue weighted by Gasteiger charge is 2.31. The highest BCUT2D eigenvalue weighted by atomic mass is 19.4. The molecule has 0 aliphatic heterocycles. The summed E-state index contributed by atoms with van der Waals surface area (Å²) in [5.74, 6) is -0.186. The number of alkyl halides is 3. The molecule has 10 heteroatoms. The van der Waals surface area contributed by atoms with E-state index in [2.05, 4.69) is 0 Å². The van der Waals surface area contributed by atoms with Crippen LogP contribution < -0.4 is 11.1 Å². The number of rotatable bonds is 4. The van der Waals surface area contributed by atoms with Gasteiger partial charge in [0.2, 0.25) is 5.91 Å². The zero-order valence-electron chi connectivity index (χ0n) is 15.0. The molecular weight excluding hydrogens is 379 g/mol. The Morgan fingerprint density at radius 3 is 2.32 bits per heavy atom. The Kier molecular flexibility index (Phi) is 4.88. The lowest BCUT2D eigenvalue weighted by Crippen LogP contribution is -2.44. The quantitative estimate of drug-likeness (QED) is 0.633. The standard InChI is InChI=1S/C18H16F3N3O4/c1-22(2)15(25)10-24-14-8-11(18(19,20)21)5-6-13(14)23(16(26)17(24)27)9-12-4-3-7-28-12/h3-8H,9-10H2,1-2H3. The van der Waals surface area contributed by atoms with Gasteiger partial charge in [-0.2, -0.15) is 13.2 Å². The second-order valence-electron chi connectivity index (χ2n) is 6.35. The Morgan fingerprint density at radius 1 is 1.07 bits per heavy atom. The summed E-state index contributed by atoms with van der Waals surface area (Å²) in [5, 5.41) is 0. The summed E-state index contributed by atoms with van der Waals surface area (Å²) in [7, 11) is 2.88. The van der Waals surface area contributed by atoms with Crippen molar-refractivity contribution in [3.05, 3.63) is 68.6 Å². The predicted octanol–water partition coefficient (Wildman–Crippen LogP) is 1.91. The molecule has 0 aliphatic carbocycles.